The number of benzene rings is 2. The molecule has 0 saturated carbocycles. The summed E-state index contributed by atoms with van der Waals surface area (Å²) in [5, 5.41) is 2.89. The molecule has 1 N–H and O–H groups in total. The van der Waals surface area contributed by atoms with Gasteiger partial charge in [-0.05, 0) is 89.0 Å². The Labute approximate surface area is 254 Å². The molecule has 12 heteroatoms. The Bertz CT molecular complexity index is 1290. The van der Waals surface area contributed by atoms with Crippen LogP contribution in [0.15, 0.2) is 44.8 Å². The quantitative estimate of drug-likeness (QED) is 0.223. The van der Waals surface area contributed by atoms with Gasteiger partial charge in [0.15, 0.2) is 11.6 Å². The van der Waals surface area contributed by atoms with Gasteiger partial charge in [0.1, 0.15) is 23.0 Å². The zero-order chi connectivity index (χ0) is 30.7. The molecule has 9 nitrogen and oxygen atoms in total. The number of nitrogens with zero attached hydrogens (tertiary/aromatic N) is 3. The maximum Gasteiger partial charge on any atom is 0.434 e. The number of alkyl carbamates (subject to hydrolysis) is 1. The number of nitrogens with one attached hydrogen (secondary N) is 1. The third kappa shape index (κ3) is 11.1. The number of amides is 2. The number of hydrogen-bond acceptors (Lipinski definition) is 8. The topological polar surface area (TPSA) is 102 Å². The highest BCUT2D eigenvalue weighted by molar-refractivity contribution is 9.10. The highest BCUT2D eigenvalue weighted by Gasteiger charge is 2.22. The summed E-state index contributed by atoms with van der Waals surface area (Å²) in [6, 6.07) is 8.59. The van der Waals surface area contributed by atoms with Crippen molar-refractivity contribution in [3.05, 3.63) is 57.3 Å². The minimum Gasteiger partial charge on any atom is -0.489 e. The van der Waals surface area contributed by atoms with Gasteiger partial charge in [-0.25, -0.2) is 19.0 Å². The van der Waals surface area contributed by atoms with Gasteiger partial charge in [-0.2, -0.15) is 4.99 Å². The van der Waals surface area contributed by atoms with Crippen molar-refractivity contribution in [1.29, 1.82) is 0 Å². The fourth-order valence-electron chi connectivity index (χ4n) is 3.40. The minimum absolute atomic E-state index is 0.0884. The number of halogens is 2. The van der Waals surface area contributed by atoms with Crippen LogP contribution in [0.3, 0.4) is 0 Å². The van der Waals surface area contributed by atoms with E-state index in [1.54, 1.807) is 57.4 Å². The summed E-state index contributed by atoms with van der Waals surface area (Å²) in [5.41, 5.74) is 1.63. The largest absolute Gasteiger partial charge is 0.489 e. The summed E-state index contributed by atoms with van der Waals surface area (Å²) in [5.74, 6) is -0.527. The van der Waals surface area contributed by atoms with E-state index in [1.165, 1.54) is 7.11 Å². The minimum atomic E-state index is -0.838. The fourth-order valence-corrected chi connectivity index (χ4v) is 4.30. The Morgan fingerprint density at radius 1 is 1.17 bits per heavy atom. The predicted molar refractivity (Wildman–Crippen MR) is 167 cm³/mol. The van der Waals surface area contributed by atoms with Crippen LogP contribution >= 0.6 is 27.7 Å². The molecule has 0 aromatic heterocycles. The molecule has 0 spiro atoms. The number of aliphatic imine (C=N–C) groups is 2. The maximum absolute atomic E-state index is 16.0. The van der Waals surface area contributed by atoms with Crippen LogP contribution in [-0.2, 0) is 22.4 Å². The number of carbonyl (C=O) groups is 2. The van der Waals surface area contributed by atoms with Crippen molar-refractivity contribution >= 4 is 56.3 Å². The first-order valence-corrected chi connectivity index (χ1v) is 14.9. The molecule has 0 saturated heterocycles. The van der Waals surface area contributed by atoms with Crippen LogP contribution < -0.4 is 10.1 Å². The van der Waals surface area contributed by atoms with Crippen molar-refractivity contribution < 1.29 is 28.2 Å². The van der Waals surface area contributed by atoms with Gasteiger partial charge in [-0.3, -0.25) is 0 Å². The highest BCUT2D eigenvalue weighted by atomic mass is 79.9. The summed E-state index contributed by atoms with van der Waals surface area (Å²) in [6.45, 7) is 8.34. The molecule has 0 fully saturated rings. The first-order chi connectivity index (χ1) is 19.3. The number of methoxy groups -OCH3 is 1. The lowest BCUT2D eigenvalue weighted by atomic mass is 10.0. The van der Waals surface area contributed by atoms with Crippen LogP contribution in [-0.4, -0.2) is 74.1 Å². The average Bonchev–Trinajstić information content (AvgIpc) is 2.90. The van der Waals surface area contributed by atoms with Crippen LogP contribution in [0, 0.1) is 5.82 Å². The first-order valence-electron chi connectivity index (χ1n) is 12.9. The molecule has 0 aliphatic heterocycles. The van der Waals surface area contributed by atoms with Gasteiger partial charge >= 0.3 is 12.2 Å². The number of rotatable bonds is 10. The lowest BCUT2D eigenvalue weighted by Crippen LogP contribution is -2.32. The zero-order valence-electron chi connectivity index (χ0n) is 24.8. The molecular weight excluding hydrogens is 615 g/mol. The van der Waals surface area contributed by atoms with Gasteiger partial charge in [-0.1, -0.05) is 22.9 Å². The molecule has 0 bridgehead atoms. The standard InChI is InChI=1S/C29H38BrFN4O5S/c1-9-18-14-21(24(31)23(15-18)39-13-12-35(5)6)25(26(41-8)34-28(37)38-7)33-20-10-11-22(30)19(16-20)17-32-27(36)40-29(2,3)4/h10-11,14-16H,9,12-13,17H2,1-8H3,(H,32,36). The van der Waals surface area contributed by atoms with Crippen molar-refractivity contribution in [3.8, 4) is 5.75 Å². The summed E-state index contributed by atoms with van der Waals surface area (Å²) >= 11 is 4.64. The van der Waals surface area contributed by atoms with E-state index in [-0.39, 0.29) is 35.2 Å². The van der Waals surface area contributed by atoms with Gasteiger partial charge in [0.05, 0.1) is 12.8 Å². The lowest BCUT2D eigenvalue weighted by molar-refractivity contribution is 0.0523. The summed E-state index contributed by atoms with van der Waals surface area (Å²) in [4.78, 5) is 35.0. The molecule has 0 aliphatic rings. The second-order valence-corrected chi connectivity index (χ2v) is 11.8. The van der Waals surface area contributed by atoms with Crippen molar-refractivity contribution in [2.24, 2.45) is 9.98 Å². The van der Waals surface area contributed by atoms with E-state index in [2.05, 4.69) is 26.2 Å². The van der Waals surface area contributed by atoms with Gasteiger partial charge in [-0.15, -0.1) is 11.8 Å². The van der Waals surface area contributed by atoms with E-state index in [0.29, 0.717) is 24.2 Å². The monoisotopic (exact) mass is 652 g/mol. The number of aryl methyl sites for hydroxylation is 1. The van der Waals surface area contributed by atoms with E-state index in [0.717, 1.165) is 21.8 Å². The molecule has 2 aromatic carbocycles. The number of carbonyl (C=O) groups excluding carboxylic acids is 2. The van der Waals surface area contributed by atoms with Crippen molar-refractivity contribution in [2.75, 3.05) is 40.6 Å². The maximum atomic E-state index is 16.0. The number of likely N-dealkylation sites (N-methyl/N-ethyl adjacent to an activating group) is 1. The predicted octanol–water partition coefficient (Wildman–Crippen LogP) is 6.76. The molecule has 41 heavy (non-hydrogen) atoms. The van der Waals surface area contributed by atoms with E-state index in [1.807, 2.05) is 25.9 Å². The number of ether oxygens (including phenoxy) is 3. The molecule has 2 rings (SSSR count). The normalized spacial score (nSPS) is 12.4. The van der Waals surface area contributed by atoms with Crippen LogP contribution in [0.4, 0.5) is 19.7 Å². The third-order valence-electron chi connectivity index (χ3n) is 5.41. The fraction of sp³-hybridized carbons (Fsp3) is 0.448. The average molecular weight is 654 g/mol. The molecule has 2 aromatic rings. The second-order valence-electron chi connectivity index (χ2n) is 10.1. The van der Waals surface area contributed by atoms with Crippen molar-refractivity contribution in [3.63, 3.8) is 0 Å². The molecule has 0 aliphatic carbocycles. The Hall–Kier alpha value is -2.96. The van der Waals surface area contributed by atoms with E-state index in [4.69, 9.17) is 19.2 Å². The molecule has 0 radical (unpaired) electrons. The smallest absolute Gasteiger partial charge is 0.434 e. The Morgan fingerprint density at radius 3 is 2.46 bits per heavy atom. The van der Waals surface area contributed by atoms with Gasteiger partial charge in [0, 0.05) is 23.1 Å². The molecule has 0 atom stereocenters. The van der Waals surface area contributed by atoms with E-state index in [9.17, 15) is 9.59 Å². The SMILES string of the molecule is CCc1cc(OCCN(C)C)c(F)c(C(=Nc2ccc(Br)c(CNC(=O)OC(C)(C)C)c2)C(=NC(=O)OC)SC)c1. The zero-order valence-corrected chi connectivity index (χ0v) is 27.2. The van der Waals surface area contributed by atoms with Crippen LogP contribution in [0.5, 0.6) is 5.75 Å². The van der Waals surface area contributed by atoms with Crippen LogP contribution in [0.1, 0.15) is 44.4 Å². The molecular formula is C29H38BrFN4O5S. The van der Waals surface area contributed by atoms with Crippen molar-refractivity contribution in [2.45, 2.75) is 46.3 Å². The third-order valence-corrected chi connectivity index (χ3v) is 6.86. The molecule has 2 amide bonds. The summed E-state index contributed by atoms with van der Waals surface area (Å²) in [6.07, 6.45) is 0.931. The summed E-state index contributed by atoms with van der Waals surface area (Å²) in [7, 11) is 5.03. The van der Waals surface area contributed by atoms with Crippen LogP contribution in [0.25, 0.3) is 0 Å². The van der Waals surface area contributed by atoms with Crippen LogP contribution in [0.2, 0.25) is 0 Å². The van der Waals surface area contributed by atoms with Gasteiger partial charge in [0.2, 0.25) is 0 Å². The van der Waals surface area contributed by atoms with E-state index >= 15 is 4.39 Å². The summed E-state index contributed by atoms with van der Waals surface area (Å²) < 4.78 is 32.6. The number of hydrogen-bond donors (Lipinski definition) is 1. The number of thioether (sulfide) groups is 1. The molecule has 0 unspecified atom stereocenters. The second kappa shape index (κ2) is 15.9. The molecule has 224 valence electrons. The van der Waals surface area contributed by atoms with E-state index < -0.39 is 23.6 Å². The Kier molecular flexibility index (Phi) is 13.3. The highest BCUT2D eigenvalue weighted by Crippen LogP contribution is 2.29. The first kappa shape index (κ1) is 34.2. The lowest BCUT2D eigenvalue weighted by Gasteiger charge is -2.20. The Balaban J connectivity index is 2.64. The Morgan fingerprint density at radius 2 is 1.88 bits per heavy atom. The van der Waals surface area contributed by atoms with Gasteiger partial charge in [0.25, 0.3) is 0 Å². The van der Waals surface area contributed by atoms with Crippen molar-refractivity contribution in [1.82, 2.24) is 10.2 Å². The molecule has 0 heterocycles. The van der Waals surface area contributed by atoms with Gasteiger partial charge < -0.3 is 24.4 Å².